The first-order valence-electron chi connectivity index (χ1n) is 5.26. The van der Waals surface area contributed by atoms with Crippen LogP contribution in [0.5, 0.6) is 0 Å². The van der Waals surface area contributed by atoms with E-state index in [4.69, 9.17) is 0 Å². The number of aliphatic hydroxyl groups is 1. The highest BCUT2D eigenvalue weighted by Crippen LogP contribution is 2.21. The highest BCUT2D eigenvalue weighted by Gasteiger charge is 2.23. The fourth-order valence-corrected chi connectivity index (χ4v) is 1.67. The number of hydrogen-bond donors (Lipinski definition) is 1. The zero-order chi connectivity index (χ0) is 11.3. The van der Waals surface area contributed by atoms with Gasteiger partial charge >= 0.3 is 5.97 Å². The summed E-state index contributed by atoms with van der Waals surface area (Å²) in [4.78, 5) is 12.9. The molecule has 0 amide bonds. The molecule has 1 aliphatic rings. The van der Waals surface area contributed by atoms with Crippen molar-refractivity contribution in [3.05, 3.63) is 12.3 Å². The lowest BCUT2D eigenvalue weighted by atomic mass is 9.98. The van der Waals surface area contributed by atoms with Crippen molar-refractivity contribution in [3.63, 3.8) is 0 Å². The minimum atomic E-state index is -0.562. The number of ether oxygens (including phenoxy) is 1. The highest BCUT2D eigenvalue weighted by atomic mass is 16.5. The second-order valence-corrected chi connectivity index (χ2v) is 4.23. The van der Waals surface area contributed by atoms with Crippen molar-refractivity contribution in [2.75, 3.05) is 20.2 Å². The number of nitrogens with zero attached hydrogens (tertiary/aromatic N) is 1. The summed E-state index contributed by atoms with van der Waals surface area (Å²) in [7, 11) is 1.36. The highest BCUT2D eigenvalue weighted by molar-refractivity contribution is 5.81. The van der Waals surface area contributed by atoms with E-state index in [1.165, 1.54) is 13.2 Å². The van der Waals surface area contributed by atoms with Gasteiger partial charge in [0.15, 0.2) is 0 Å². The Balaban J connectivity index is 2.44. The molecule has 1 N–H and O–H groups in total. The summed E-state index contributed by atoms with van der Waals surface area (Å²) in [5, 5.41) is 9.85. The largest absolute Gasteiger partial charge is 0.466 e. The van der Waals surface area contributed by atoms with E-state index in [0.717, 1.165) is 32.4 Å². The molecule has 1 atom stereocenters. The van der Waals surface area contributed by atoms with Crippen molar-refractivity contribution in [1.82, 2.24) is 4.90 Å². The van der Waals surface area contributed by atoms with Crippen LogP contribution in [0, 0.1) is 0 Å². The first-order valence-corrected chi connectivity index (χ1v) is 5.26. The average molecular weight is 213 g/mol. The molecule has 0 aromatic carbocycles. The number of carbonyl (C=O) groups is 1. The first kappa shape index (κ1) is 12.0. The molecule has 0 aromatic rings. The van der Waals surface area contributed by atoms with Crippen LogP contribution in [0.1, 0.15) is 26.2 Å². The van der Waals surface area contributed by atoms with E-state index in [1.54, 1.807) is 6.20 Å². The Morgan fingerprint density at radius 2 is 2.20 bits per heavy atom. The van der Waals surface area contributed by atoms with Crippen LogP contribution >= 0.6 is 0 Å². The average Bonchev–Trinajstić information content (AvgIpc) is 2.36. The van der Waals surface area contributed by atoms with Gasteiger partial charge < -0.3 is 14.7 Å². The predicted octanol–water partition coefficient (Wildman–Crippen LogP) is 0.910. The Morgan fingerprint density at radius 1 is 1.47 bits per heavy atom. The molecule has 1 rings (SSSR count). The normalized spacial score (nSPS) is 27.8. The molecule has 1 fully saturated rings. The Kier molecular flexibility index (Phi) is 4.15. The van der Waals surface area contributed by atoms with Gasteiger partial charge in [0.1, 0.15) is 0 Å². The molecule has 0 spiro atoms. The topological polar surface area (TPSA) is 49.8 Å². The van der Waals surface area contributed by atoms with Crippen LogP contribution in [0.3, 0.4) is 0 Å². The van der Waals surface area contributed by atoms with Gasteiger partial charge in [0.05, 0.1) is 12.7 Å². The van der Waals surface area contributed by atoms with Gasteiger partial charge in [-0.05, 0) is 26.2 Å². The van der Waals surface area contributed by atoms with Gasteiger partial charge in [-0.25, -0.2) is 4.79 Å². The van der Waals surface area contributed by atoms with Crippen LogP contribution in [0.4, 0.5) is 0 Å². The molecule has 86 valence electrons. The molecule has 0 radical (unpaired) electrons. The Morgan fingerprint density at radius 3 is 2.87 bits per heavy atom. The monoisotopic (exact) mass is 213 g/mol. The SMILES string of the molecule is COC(=O)/C=C/N1CCCC(C)(O)CC1. The molecular formula is C11H19NO3. The number of esters is 1. The fourth-order valence-electron chi connectivity index (χ4n) is 1.67. The van der Waals surface area contributed by atoms with Gasteiger partial charge in [-0.15, -0.1) is 0 Å². The summed E-state index contributed by atoms with van der Waals surface area (Å²) in [6.45, 7) is 3.52. The van der Waals surface area contributed by atoms with Gasteiger partial charge in [0.2, 0.25) is 0 Å². The number of likely N-dealkylation sites (tertiary alicyclic amines) is 1. The zero-order valence-electron chi connectivity index (χ0n) is 9.40. The molecule has 1 heterocycles. The molecule has 1 saturated heterocycles. The lowest BCUT2D eigenvalue weighted by molar-refractivity contribution is -0.134. The third-order valence-corrected chi connectivity index (χ3v) is 2.72. The molecule has 4 heteroatoms. The van der Waals surface area contributed by atoms with Gasteiger partial charge in [0.25, 0.3) is 0 Å². The standard InChI is InChI=1S/C11H19NO3/c1-11(14)5-3-7-12(9-6-11)8-4-10(13)15-2/h4,8,14H,3,5-7,9H2,1-2H3/b8-4+. The van der Waals surface area contributed by atoms with Gasteiger partial charge in [-0.1, -0.05) is 0 Å². The van der Waals surface area contributed by atoms with Crippen molar-refractivity contribution in [3.8, 4) is 0 Å². The van der Waals surface area contributed by atoms with Crippen LogP contribution in [0.25, 0.3) is 0 Å². The van der Waals surface area contributed by atoms with Gasteiger partial charge in [-0.2, -0.15) is 0 Å². The van der Waals surface area contributed by atoms with Crippen molar-refractivity contribution in [2.45, 2.75) is 31.8 Å². The maximum Gasteiger partial charge on any atom is 0.331 e. The summed E-state index contributed by atoms with van der Waals surface area (Å²) in [6, 6.07) is 0. The zero-order valence-corrected chi connectivity index (χ0v) is 9.40. The first-order chi connectivity index (χ1) is 7.03. The lowest BCUT2D eigenvalue weighted by Gasteiger charge is -2.21. The molecular weight excluding hydrogens is 194 g/mol. The lowest BCUT2D eigenvalue weighted by Crippen LogP contribution is -2.25. The molecule has 0 aromatic heterocycles. The van der Waals surface area contributed by atoms with Crippen LogP contribution in [-0.2, 0) is 9.53 Å². The van der Waals surface area contributed by atoms with Gasteiger partial charge in [0, 0.05) is 25.4 Å². The maximum atomic E-state index is 10.9. The molecule has 15 heavy (non-hydrogen) atoms. The van der Waals surface area contributed by atoms with E-state index in [1.807, 2.05) is 11.8 Å². The number of carbonyl (C=O) groups excluding carboxylic acids is 1. The summed E-state index contributed by atoms with van der Waals surface area (Å²) >= 11 is 0. The number of rotatable bonds is 2. The van der Waals surface area contributed by atoms with Crippen LogP contribution in [-0.4, -0.2) is 41.8 Å². The molecule has 0 saturated carbocycles. The van der Waals surface area contributed by atoms with Crippen LogP contribution in [0.15, 0.2) is 12.3 Å². The van der Waals surface area contributed by atoms with E-state index in [-0.39, 0.29) is 5.97 Å². The van der Waals surface area contributed by atoms with Crippen LogP contribution in [0.2, 0.25) is 0 Å². The van der Waals surface area contributed by atoms with Crippen molar-refractivity contribution >= 4 is 5.97 Å². The molecule has 4 nitrogen and oxygen atoms in total. The quantitative estimate of drug-likeness (QED) is 0.547. The summed E-state index contributed by atoms with van der Waals surface area (Å²) in [5.74, 6) is -0.342. The van der Waals surface area contributed by atoms with E-state index >= 15 is 0 Å². The minimum Gasteiger partial charge on any atom is -0.466 e. The summed E-state index contributed by atoms with van der Waals surface area (Å²) < 4.78 is 4.51. The second-order valence-electron chi connectivity index (χ2n) is 4.23. The van der Waals surface area contributed by atoms with Crippen molar-refractivity contribution in [2.24, 2.45) is 0 Å². The number of hydrogen-bond acceptors (Lipinski definition) is 4. The van der Waals surface area contributed by atoms with Gasteiger partial charge in [-0.3, -0.25) is 0 Å². The van der Waals surface area contributed by atoms with E-state index in [2.05, 4.69) is 4.74 Å². The Labute approximate surface area is 90.5 Å². The van der Waals surface area contributed by atoms with E-state index < -0.39 is 5.60 Å². The smallest absolute Gasteiger partial charge is 0.331 e. The molecule has 1 unspecified atom stereocenters. The molecule has 1 aliphatic heterocycles. The third kappa shape index (κ3) is 4.34. The molecule has 0 bridgehead atoms. The summed E-state index contributed by atoms with van der Waals surface area (Å²) in [5.41, 5.74) is -0.562. The van der Waals surface area contributed by atoms with Crippen molar-refractivity contribution < 1.29 is 14.6 Å². The Hall–Kier alpha value is -1.03. The minimum absolute atomic E-state index is 0.342. The third-order valence-electron chi connectivity index (χ3n) is 2.72. The van der Waals surface area contributed by atoms with Crippen LogP contribution < -0.4 is 0 Å². The number of methoxy groups -OCH3 is 1. The summed E-state index contributed by atoms with van der Waals surface area (Å²) in [6.07, 6.45) is 5.65. The molecule has 0 aliphatic carbocycles. The van der Waals surface area contributed by atoms with E-state index in [0.29, 0.717) is 0 Å². The fraction of sp³-hybridized carbons (Fsp3) is 0.727. The predicted molar refractivity (Wildman–Crippen MR) is 57.2 cm³/mol. The maximum absolute atomic E-state index is 10.9. The van der Waals surface area contributed by atoms with Crippen molar-refractivity contribution in [1.29, 1.82) is 0 Å². The second kappa shape index (κ2) is 5.16. The Bertz CT molecular complexity index is 248. The van der Waals surface area contributed by atoms with E-state index in [9.17, 15) is 9.90 Å².